The monoisotopic (exact) mass is 184 g/mol. The molecule has 0 aromatic carbocycles. The molecule has 1 heterocycles. The van der Waals surface area contributed by atoms with Crippen LogP contribution in [-0.4, -0.2) is 11.5 Å². The van der Waals surface area contributed by atoms with Crippen LogP contribution in [0.3, 0.4) is 0 Å². The molecule has 0 bridgehead atoms. The number of hydrogen-bond donors (Lipinski definition) is 1. The van der Waals surface area contributed by atoms with Crippen LogP contribution in [-0.2, 0) is 0 Å². The van der Waals surface area contributed by atoms with E-state index in [0.717, 1.165) is 11.3 Å². The second kappa shape index (κ2) is 3.87. The number of nitrogens with two attached hydrogens (primary N) is 1. The van der Waals surface area contributed by atoms with Crippen LogP contribution in [0.4, 0.5) is 0 Å². The van der Waals surface area contributed by atoms with Crippen LogP contribution >= 0.6 is 11.6 Å². The summed E-state index contributed by atoms with van der Waals surface area (Å²) in [6.45, 7) is 4.56. The molecular formula is C9H13ClN2. The molecule has 0 radical (unpaired) electrons. The van der Waals surface area contributed by atoms with Gasteiger partial charge in [0.1, 0.15) is 5.15 Å². The summed E-state index contributed by atoms with van der Waals surface area (Å²) >= 11 is 5.94. The second-order valence-electron chi connectivity index (χ2n) is 2.97. The summed E-state index contributed by atoms with van der Waals surface area (Å²) in [4.78, 5) is 4.15. The normalized spacial score (nSPS) is 13.0. The lowest BCUT2D eigenvalue weighted by Crippen LogP contribution is -2.09. The van der Waals surface area contributed by atoms with Crippen LogP contribution in [0.25, 0.3) is 0 Å². The average molecular weight is 185 g/mol. The Bertz CT molecular complexity index is 273. The fourth-order valence-corrected chi connectivity index (χ4v) is 1.41. The molecule has 1 unspecified atom stereocenters. The molecule has 1 aromatic rings. The highest BCUT2D eigenvalue weighted by Gasteiger charge is 2.08. The van der Waals surface area contributed by atoms with Gasteiger partial charge in [0.2, 0.25) is 0 Å². The summed E-state index contributed by atoms with van der Waals surface area (Å²) in [6, 6.07) is 3.94. The molecule has 3 heteroatoms. The zero-order valence-electron chi connectivity index (χ0n) is 7.34. The molecule has 0 amide bonds. The number of halogens is 1. The molecule has 1 atom stereocenters. The predicted octanol–water partition coefficient (Wildman–Crippen LogP) is 2.11. The van der Waals surface area contributed by atoms with E-state index in [1.54, 1.807) is 0 Å². The van der Waals surface area contributed by atoms with Crippen molar-refractivity contribution >= 4 is 11.6 Å². The van der Waals surface area contributed by atoms with E-state index >= 15 is 0 Å². The van der Waals surface area contributed by atoms with Crippen molar-refractivity contribution in [2.75, 3.05) is 6.54 Å². The summed E-state index contributed by atoms with van der Waals surface area (Å²) in [5.74, 6) is 0.283. The number of pyridine rings is 1. The summed E-state index contributed by atoms with van der Waals surface area (Å²) in [5, 5.41) is 0.577. The Kier molecular flexibility index (Phi) is 3.06. The quantitative estimate of drug-likeness (QED) is 0.716. The van der Waals surface area contributed by atoms with Crippen molar-refractivity contribution in [3.05, 3.63) is 28.5 Å². The molecule has 0 aliphatic heterocycles. The van der Waals surface area contributed by atoms with Crippen LogP contribution in [0.2, 0.25) is 5.15 Å². The lowest BCUT2D eigenvalue weighted by molar-refractivity contribution is 0.768. The minimum absolute atomic E-state index is 0.283. The maximum Gasteiger partial charge on any atom is 0.132 e. The van der Waals surface area contributed by atoms with E-state index in [1.165, 1.54) is 0 Å². The minimum atomic E-state index is 0.283. The summed E-state index contributed by atoms with van der Waals surface area (Å²) < 4.78 is 0. The van der Waals surface area contributed by atoms with Crippen LogP contribution < -0.4 is 5.73 Å². The number of nitrogens with zero attached hydrogens (tertiary/aromatic N) is 1. The molecule has 0 saturated heterocycles. The number of aromatic nitrogens is 1. The maximum absolute atomic E-state index is 5.94. The van der Waals surface area contributed by atoms with Gasteiger partial charge in [-0.1, -0.05) is 24.6 Å². The molecule has 1 rings (SSSR count). The summed E-state index contributed by atoms with van der Waals surface area (Å²) in [6.07, 6.45) is 0. The van der Waals surface area contributed by atoms with Gasteiger partial charge in [0.05, 0.1) is 0 Å². The van der Waals surface area contributed by atoms with Crippen molar-refractivity contribution in [3.8, 4) is 0 Å². The first kappa shape index (κ1) is 9.49. The third-order valence-corrected chi connectivity index (χ3v) is 2.20. The Hall–Kier alpha value is -0.600. The van der Waals surface area contributed by atoms with Crippen molar-refractivity contribution in [2.24, 2.45) is 5.73 Å². The predicted molar refractivity (Wildman–Crippen MR) is 51.5 cm³/mol. The van der Waals surface area contributed by atoms with Gasteiger partial charge in [-0.15, -0.1) is 0 Å². The first-order chi connectivity index (χ1) is 5.65. The Morgan fingerprint density at radius 3 is 2.75 bits per heavy atom. The largest absolute Gasteiger partial charge is 0.330 e. The van der Waals surface area contributed by atoms with Gasteiger partial charge in [-0.25, -0.2) is 4.98 Å². The van der Waals surface area contributed by atoms with E-state index in [4.69, 9.17) is 17.3 Å². The van der Waals surface area contributed by atoms with Crippen LogP contribution in [0.15, 0.2) is 12.1 Å². The first-order valence-electron chi connectivity index (χ1n) is 3.98. The average Bonchev–Trinajstić information content (AvgIpc) is 2.03. The van der Waals surface area contributed by atoms with E-state index < -0.39 is 0 Å². The molecule has 0 aliphatic rings. The van der Waals surface area contributed by atoms with Crippen molar-refractivity contribution in [1.29, 1.82) is 0 Å². The molecule has 0 saturated carbocycles. The zero-order valence-corrected chi connectivity index (χ0v) is 8.10. The Morgan fingerprint density at radius 2 is 2.25 bits per heavy atom. The third kappa shape index (κ3) is 1.96. The maximum atomic E-state index is 5.94. The standard InChI is InChI=1S/C9H13ClN2/c1-6(5-11)8-4-3-7(2)12-9(8)10/h3-4,6H,5,11H2,1-2H3. The smallest absolute Gasteiger partial charge is 0.132 e. The lowest BCUT2D eigenvalue weighted by atomic mass is 10.0. The summed E-state index contributed by atoms with van der Waals surface area (Å²) in [5.41, 5.74) is 7.49. The van der Waals surface area contributed by atoms with E-state index in [1.807, 2.05) is 26.0 Å². The van der Waals surface area contributed by atoms with Gasteiger partial charge in [-0.05, 0) is 31.0 Å². The van der Waals surface area contributed by atoms with Crippen molar-refractivity contribution in [1.82, 2.24) is 4.98 Å². The highest BCUT2D eigenvalue weighted by molar-refractivity contribution is 6.30. The van der Waals surface area contributed by atoms with E-state index in [2.05, 4.69) is 4.98 Å². The van der Waals surface area contributed by atoms with E-state index in [0.29, 0.717) is 11.7 Å². The van der Waals surface area contributed by atoms with Gasteiger partial charge in [0.25, 0.3) is 0 Å². The molecular weight excluding hydrogens is 172 g/mol. The van der Waals surface area contributed by atoms with Gasteiger partial charge in [-0.3, -0.25) is 0 Å². The van der Waals surface area contributed by atoms with Gasteiger partial charge in [-0.2, -0.15) is 0 Å². The topological polar surface area (TPSA) is 38.9 Å². The van der Waals surface area contributed by atoms with Crippen molar-refractivity contribution in [2.45, 2.75) is 19.8 Å². The van der Waals surface area contributed by atoms with Crippen LogP contribution in [0.5, 0.6) is 0 Å². The van der Waals surface area contributed by atoms with E-state index in [-0.39, 0.29) is 5.92 Å². The molecule has 12 heavy (non-hydrogen) atoms. The molecule has 0 aliphatic carbocycles. The fourth-order valence-electron chi connectivity index (χ4n) is 1.03. The van der Waals surface area contributed by atoms with Crippen LogP contribution in [0.1, 0.15) is 24.1 Å². The minimum Gasteiger partial charge on any atom is -0.330 e. The SMILES string of the molecule is Cc1ccc(C(C)CN)c(Cl)n1. The van der Waals surface area contributed by atoms with Gasteiger partial charge in [0.15, 0.2) is 0 Å². The van der Waals surface area contributed by atoms with Crippen molar-refractivity contribution in [3.63, 3.8) is 0 Å². The number of rotatable bonds is 2. The lowest BCUT2D eigenvalue weighted by Gasteiger charge is -2.10. The molecule has 0 spiro atoms. The Morgan fingerprint density at radius 1 is 1.58 bits per heavy atom. The van der Waals surface area contributed by atoms with Gasteiger partial charge < -0.3 is 5.73 Å². The van der Waals surface area contributed by atoms with Gasteiger partial charge >= 0.3 is 0 Å². The second-order valence-corrected chi connectivity index (χ2v) is 3.33. The molecule has 0 fully saturated rings. The molecule has 2 N–H and O–H groups in total. The molecule has 2 nitrogen and oxygen atoms in total. The summed E-state index contributed by atoms with van der Waals surface area (Å²) in [7, 11) is 0. The highest BCUT2D eigenvalue weighted by Crippen LogP contribution is 2.21. The number of aryl methyl sites for hydroxylation is 1. The van der Waals surface area contributed by atoms with Crippen LogP contribution in [0, 0.1) is 6.92 Å². The highest BCUT2D eigenvalue weighted by atomic mass is 35.5. The zero-order chi connectivity index (χ0) is 9.14. The van der Waals surface area contributed by atoms with E-state index in [9.17, 15) is 0 Å². The molecule has 66 valence electrons. The third-order valence-electron chi connectivity index (χ3n) is 1.90. The Balaban J connectivity index is 3.01. The Labute approximate surface area is 77.8 Å². The van der Waals surface area contributed by atoms with Crippen molar-refractivity contribution < 1.29 is 0 Å². The number of hydrogen-bond acceptors (Lipinski definition) is 2. The first-order valence-corrected chi connectivity index (χ1v) is 4.36. The fraction of sp³-hybridized carbons (Fsp3) is 0.444. The molecule has 1 aromatic heterocycles. The van der Waals surface area contributed by atoms with Gasteiger partial charge in [0, 0.05) is 5.69 Å².